The summed E-state index contributed by atoms with van der Waals surface area (Å²) in [5, 5.41) is 5.71. The molecule has 2 aromatic rings. The van der Waals surface area contributed by atoms with Gasteiger partial charge in [0.05, 0.1) is 23.8 Å². The SMILES string of the molecule is CCOc1ccc(N2CC(C(=O)Nc3ccccc3C(=O)NCC(C)C)CC2=O)cc1. The van der Waals surface area contributed by atoms with Crippen LogP contribution in [-0.4, -0.2) is 37.4 Å². The van der Waals surface area contributed by atoms with Crippen LogP contribution in [0.25, 0.3) is 0 Å². The normalized spacial score (nSPS) is 15.8. The second kappa shape index (κ2) is 10.1. The van der Waals surface area contributed by atoms with Crippen LogP contribution in [0.2, 0.25) is 0 Å². The number of ether oxygens (including phenoxy) is 1. The summed E-state index contributed by atoms with van der Waals surface area (Å²) >= 11 is 0. The number of amides is 3. The number of hydrogen-bond donors (Lipinski definition) is 2. The van der Waals surface area contributed by atoms with Crippen molar-refractivity contribution in [2.45, 2.75) is 27.2 Å². The number of rotatable bonds is 8. The fraction of sp³-hybridized carbons (Fsp3) is 0.375. The topological polar surface area (TPSA) is 87.7 Å². The molecule has 1 fully saturated rings. The van der Waals surface area contributed by atoms with Gasteiger partial charge in [0.15, 0.2) is 0 Å². The van der Waals surface area contributed by atoms with Crippen LogP contribution in [0.3, 0.4) is 0 Å². The molecule has 3 amide bonds. The lowest BCUT2D eigenvalue weighted by molar-refractivity contribution is -0.122. The second-order valence-electron chi connectivity index (χ2n) is 7.97. The van der Waals surface area contributed by atoms with E-state index in [-0.39, 0.29) is 24.1 Å². The van der Waals surface area contributed by atoms with Gasteiger partial charge in [-0.25, -0.2) is 0 Å². The van der Waals surface area contributed by atoms with Crippen molar-refractivity contribution in [2.24, 2.45) is 11.8 Å². The molecule has 2 aromatic carbocycles. The Kier molecular flexibility index (Phi) is 7.28. The van der Waals surface area contributed by atoms with E-state index in [1.54, 1.807) is 29.2 Å². The van der Waals surface area contributed by atoms with Gasteiger partial charge in [0.2, 0.25) is 11.8 Å². The second-order valence-corrected chi connectivity index (χ2v) is 7.97. The van der Waals surface area contributed by atoms with E-state index in [4.69, 9.17) is 4.74 Å². The Morgan fingerprint density at radius 3 is 2.52 bits per heavy atom. The zero-order valence-electron chi connectivity index (χ0n) is 18.2. The molecule has 3 rings (SSSR count). The van der Waals surface area contributed by atoms with Crippen molar-refractivity contribution in [3.8, 4) is 5.75 Å². The highest BCUT2D eigenvalue weighted by atomic mass is 16.5. The van der Waals surface area contributed by atoms with Crippen LogP contribution in [0, 0.1) is 11.8 Å². The van der Waals surface area contributed by atoms with Gasteiger partial charge in [0, 0.05) is 25.2 Å². The van der Waals surface area contributed by atoms with Crippen molar-refractivity contribution in [3.05, 3.63) is 54.1 Å². The van der Waals surface area contributed by atoms with Crippen molar-refractivity contribution in [1.29, 1.82) is 0 Å². The van der Waals surface area contributed by atoms with Gasteiger partial charge in [-0.2, -0.15) is 0 Å². The summed E-state index contributed by atoms with van der Waals surface area (Å²) < 4.78 is 5.44. The highest BCUT2D eigenvalue weighted by molar-refractivity contribution is 6.07. The van der Waals surface area contributed by atoms with Crippen molar-refractivity contribution < 1.29 is 19.1 Å². The average Bonchev–Trinajstić information content (AvgIpc) is 3.15. The predicted molar refractivity (Wildman–Crippen MR) is 120 cm³/mol. The minimum atomic E-state index is -0.495. The predicted octanol–water partition coefficient (Wildman–Crippen LogP) is 3.46. The van der Waals surface area contributed by atoms with Crippen LogP contribution >= 0.6 is 0 Å². The van der Waals surface area contributed by atoms with Crippen LogP contribution in [0.4, 0.5) is 11.4 Å². The van der Waals surface area contributed by atoms with E-state index >= 15 is 0 Å². The highest BCUT2D eigenvalue weighted by Crippen LogP contribution is 2.28. The summed E-state index contributed by atoms with van der Waals surface area (Å²) in [6, 6.07) is 14.2. The number of benzene rings is 2. The Morgan fingerprint density at radius 2 is 1.84 bits per heavy atom. The number of nitrogens with zero attached hydrogens (tertiary/aromatic N) is 1. The molecule has 0 aliphatic carbocycles. The highest BCUT2D eigenvalue weighted by Gasteiger charge is 2.35. The van der Waals surface area contributed by atoms with E-state index in [0.717, 1.165) is 11.4 Å². The van der Waals surface area contributed by atoms with Gasteiger partial charge in [0.1, 0.15) is 5.75 Å². The minimum absolute atomic E-state index is 0.104. The van der Waals surface area contributed by atoms with E-state index < -0.39 is 5.92 Å². The van der Waals surface area contributed by atoms with Gasteiger partial charge in [-0.05, 0) is 49.2 Å². The van der Waals surface area contributed by atoms with Gasteiger partial charge in [0.25, 0.3) is 5.91 Å². The third-order valence-corrected chi connectivity index (χ3v) is 5.06. The molecule has 2 N–H and O–H groups in total. The molecule has 164 valence electrons. The Bertz CT molecular complexity index is 940. The van der Waals surface area contributed by atoms with Crippen molar-refractivity contribution in [2.75, 3.05) is 29.9 Å². The first-order valence-corrected chi connectivity index (χ1v) is 10.6. The molecular formula is C24H29N3O4. The Labute approximate surface area is 182 Å². The third kappa shape index (κ3) is 5.63. The lowest BCUT2D eigenvalue weighted by atomic mass is 10.1. The summed E-state index contributed by atoms with van der Waals surface area (Å²) in [6.45, 7) is 7.35. The van der Waals surface area contributed by atoms with Crippen molar-refractivity contribution in [3.63, 3.8) is 0 Å². The zero-order valence-corrected chi connectivity index (χ0v) is 18.2. The standard InChI is InChI=1S/C24H29N3O4/c1-4-31-19-11-9-18(10-12-19)27-15-17(13-22(27)28)23(29)26-21-8-6-5-7-20(21)24(30)25-14-16(2)3/h5-12,16-17H,4,13-15H2,1-3H3,(H,25,30)(H,26,29). The van der Waals surface area contributed by atoms with Gasteiger partial charge in [-0.3, -0.25) is 14.4 Å². The molecule has 0 radical (unpaired) electrons. The Hall–Kier alpha value is -3.35. The first-order valence-electron chi connectivity index (χ1n) is 10.6. The molecule has 31 heavy (non-hydrogen) atoms. The Morgan fingerprint density at radius 1 is 1.13 bits per heavy atom. The largest absolute Gasteiger partial charge is 0.494 e. The molecule has 0 saturated carbocycles. The monoisotopic (exact) mass is 423 g/mol. The van der Waals surface area contributed by atoms with E-state index in [1.165, 1.54) is 0 Å². The molecule has 0 bridgehead atoms. The van der Waals surface area contributed by atoms with Crippen LogP contribution in [-0.2, 0) is 9.59 Å². The summed E-state index contributed by atoms with van der Waals surface area (Å²) in [6.07, 6.45) is 0.126. The first-order chi connectivity index (χ1) is 14.9. The van der Waals surface area contributed by atoms with Gasteiger partial charge >= 0.3 is 0 Å². The molecule has 1 aliphatic rings. The van der Waals surface area contributed by atoms with Crippen LogP contribution in [0.5, 0.6) is 5.75 Å². The molecule has 7 nitrogen and oxygen atoms in total. The van der Waals surface area contributed by atoms with E-state index in [1.807, 2.05) is 45.0 Å². The summed E-state index contributed by atoms with van der Waals surface area (Å²) in [7, 11) is 0. The summed E-state index contributed by atoms with van der Waals surface area (Å²) in [5.74, 6) is -0.0459. The fourth-order valence-electron chi connectivity index (χ4n) is 3.44. The molecule has 1 heterocycles. The number of carbonyl (C=O) groups is 3. The fourth-order valence-corrected chi connectivity index (χ4v) is 3.44. The number of carbonyl (C=O) groups excluding carboxylic acids is 3. The molecule has 0 aromatic heterocycles. The van der Waals surface area contributed by atoms with Crippen molar-refractivity contribution in [1.82, 2.24) is 5.32 Å². The molecule has 1 unspecified atom stereocenters. The molecule has 1 atom stereocenters. The van der Waals surface area contributed by atoms with E-state index in [0.29, 0.717) is 36.9 Å². The average molecular weight is 424 g/mol. The maximum absolute atomic E-state index is 12.9. The molecule has 0 spiro atoms. The molecule has 1 aliphatic heterocycles. The molecular weight excluding hydrogens is 394 g/mol. The first kappa shape index (κ1) is 22.3. The maximum Gasteiger partial charge on any atom is 0.253 e. The number of anilines is 2. The lowest BCUT2D eigenvalue weighted by Gasteiger charge is -2.18. The van der Waals surface area contributed by atoms with E-state index in [9.17, 15) is 14.4 Å². The maximum atomic E-state index is 12.9. The quantitative estimate of drug-likeness (QED) is 0.681. The third-order valence-electron chi connectivity index (χ3n) is 5.06. The van der Waals surface area contributed by atoms with Crippen molar-refractivity contribution >= 4 is 29.1 Å². The molecule has 7 heteroatoms. The van der Waals surface area contributed by atoms with Gasteiger partial charge < -0.3 is 20.3 Å². The number of nitrogens with one attached hydrogen (secondary N) is 2. The number of para-hydroxylation sites is 1. The lowest BCUT2D eigenvalue weighted by Crippen LogP contribution is -2.30. The van der Waals surface area contributed by atoms with E-state index in [2.05, 4.69) is 10.6 Å². The Balaban J connectivity index is 1.67. The molecule has 1 saturated heterocycles. The van der Waals surface area contributed by atoms with Gasteiger partial charge in [-0.15, -0.1) is 0 Å². The number of hydrogen-bond acceptors (Lipinski definition) is 4. The minimum Gasteiger partial charge on any atom is -0.494 e. The smallest absolute Gasteiger partial charge is 0.253 e. The summed E-state index contributed by atoms with van der Waals surface area (Å²) in [5.41, 5.74) is 1.59. The van der Waals surface area contributed by atoms with Gasteiger partial charge in [-0.1, -0.05) is 26.0 Å². The van der Waals surface area contributed by atoms with Crippen LogP contribution in [0.1, 0.15) is 37.6 Å². The summed E-state index contributed by atoms with van der Waals surface area (Å²) in [4.78, 5) is 39.5. The van der Waals surface area contributed by atoms with Crippen LogP contribution in [0.15, 0.2) is 48.5 Å². The zero-order chi connectivity index (χ0) is 22.4. The van der Waals surface area contributed by atoms with Crippen LogP contribution < -0.4 is 20.3 Å².